The molecule has 0 spiro atoms. The highest BCUT2D eigenvalue weighted by Gasteiger charge is 2.05. The third-order valence-corrected chi connectivity index (χ3v) is 2.17. The van der Waals surface area contributed by atoms with E-state index in [0.29, 0.717) is 11.3 Å². The largest absolute Gasteiger partial charge is 0.496 e. The Morgan fingerprint density at radius 1 is 1.47 bits per heavy atom. The SMILES string of the molecule is COc1ccc(F)cc1/C(C)=C/C=C/C(=O)O. The molecule has 1 aromatic rings. The van der Waals surface area contributed by atoms with Gasteiger partial charge >= 0.3 is 5.97 Å². The first kappa shape index (κ1) is 13.0. The lowest BCUT2D eigenvalue weighted by molar-refractivity contribution is -0.131. The third kappa shape index (κ3) is 3.75. The highest BCUT2D eigenvalue weighted by Crippen LogP contribution is 2.26. The lowest BCUT2D eigenvalue weighted by Gasteiger charge is -2.08. The minimum absolute atomic E-state index is 0.365. The number of rotatable bonds is 4. The Kier molecular flexibility index (Phi) is 4.46. The topological polar surface area (TPSA) is 46.5 Å². The molecule has 0 heterocycles. The normalized spacial score (nSPS) is 11.8. The Morgan fingerprint density at radius 2 is 2.18 bits per heavy atom. The zero-order chi connectivity index (χ0) is 12.8. The number of halogens is 1. The summed E-state index contributed by atoms with van der Waals surface area (Å²) in [6.45, 7) is 1.75. The Labute approximate surface area is 98.8 Å². The van der Waals surface area contributed by atoms with E-state index in [0.717, 1.165) is 11.6 Å². The molecule has 17 heavy (non-hydrogen) atoms. The molecule has 4 heteroatoms. The van der Waals surface area contributed by atoms with Crippen LogP contribution in [0.5, 0.6) is 5.75 Å². The molecule has 0 atom stereocenters. The Balaban J connectivity index is 3.06. The van der Waals surface area contributed by atoms with Gasteiger partial charge in [0.25, 0.3) is 0 Å². The standard InChI is InChI=1S/C13H13FO3/c1-9(4-3-5-13(15)16)11-8-10(14)6-7-12(11)17-2/h3-8H,1-2H3,(H,15,16)/b5-3+,9-4+. The fourth-order valence-electron chi connectivity index (χ4n) is 1.35. The fourth-order valence-corrected chi connectivity index (χ4v) is 1.35. The number of carbonyl (C=O) groups is 1. The summed E-state index contributed by atoms with van der Waals surface area (Å²) in [4.78, 5) is 10.3. The van der Waals surface area contributed by atoms with Gasteiger partial charge in [-0.05, 0) is 30.7 Å². The Bertz CT molecular complexity index is 476. The van der Waals surface area contributed by atoms with Gasteiger partial charge in [0.05, 0.1) is 7.11 Å². The second-order valence-corrected chi connectivity index (χ2v) is 3.39. The summed E-state index contributed by atoms with van der Waals surface area (Å²) < 4.78 is 18.2. The van der Waals surface area contributed by atoms with Gasteiger partial charge in [-0.2, -0.15) is 0 Å². The molecule has 0 unspecified atom stereocenters. The van der Waals surface area contributed by atoms with Crippen LogP contribution in [0.1, 0.15) is 12.5 Å². The van der Waals surface area contributed by atoms with E-state index in [1.54, 1.807) is 13.0 Å². The molecule has 1 N–H and O–H groups in total. The molecule has 0 aliphatic heterocycles. The summed E-state index contributed by atoms with van der Waals surface area (Å²) in [5.41, 5.74) is 1.32. The Morgan fingerprint density at radius 3 is 2.76 bits per heavy atom. The molecular formula is C13H13FO3. The van der Waals surface area contributed by atoms with E-state index in [1.807, 2.05) is 0 Å². The number of allylic oxidation sites excluding steroid dienone is 3. The predicted octanol–water partition coefficient (Wildman–Crippen LogP) is 2.88. The van der Waals surface area contributed by atoms with Gasteiger partial charge in [0.1, 0.15) is 11.6 Å². The van der Waals surface area contributed by atoms with Gasteiger partial charge in [0.2, 0.25) is 0 Å². The highest BCUT2D eigenvalue weighted by molar-refractivity contribution is 5.81. The van der Waals surface area contributed by atoms with Crippen LogP contribution in [0.15, 0.2) is 36.4 Å². The van der Waals surface area contributed by atoms with E-state index >= 15 is 0 Å². The average molecular weight is 236 g/mol. The molecule has 0 fully saturated rings. The second kappa shape index (κ2) is 5.84. The molecular weight excluding hydrogens is 223 g/mol. The summed E-state index contributed by atoms with van der Waals surface area (Å²) in [7, 11) is 1.50. The van der Waals surface area contributed by atoms with Crippen molar-refractivity contribution in [3.8, 4) is 5.75 Å². The van der Waals surface area contributed by atoms with Crippen LogP contribution < -0.4 is 4.74 Å². The van der Waals surface area contributed by atoms with Crippen LogP contribution in [0.4, 0.5) is 4.39 Å². The van der Waals surface area contributed by atoms with Crippen molar-refractivity contribution in [2.45, 2.75) is 6.92 Å². The van der Waals surface area contributed by atoms with Crippen LogP contribution in [0, 0.1) is 5.82 Å². The summed E-state index contributed by atoms with van der Waals surface area (Å²) >= 11 is 0. The van der Waals surface area contributed by atoms with Crippen molar-refractivity contribution in [2.24, 2.45) is 0 Å². The van der Waals surface area contributed by atoms with Crippen molar-refractivity contribution < 1.29 is 19.0 Å². The summed E-state index contributed by atoms with van der Waals surface area (Å²) in [5, 5.41) is 8.44. The lowest BCUT2D eigenvalue weighted by Crippen LogP contribution is -1.91. The maximum absolute atomic E-state index is 13.1. The minimum Gasteiger partial charge on any atom is -0.496 e. The van der Waals surface area contributed by atoms with Crippen LogP contribution in [-0.4, -0.2) is 18.2 Å². The van der Waals surface area contributed by atoms with Crippen molar-refractivity contribution in [2.75, 3.05) is 7.11 Å². The number of carboxylic acid groups (broad SMARTS) is 1. The predicted molar refractivity (Wildman–Crippen MR) is 63.4 cm³/mol. The van der Waals surface area contributed by atoms with E-state index in [2.05, 4.69) is 0 Å². The molecule has 0 amide bonds. The van der Waals surface area contributed by atoms with Crippen LogP contribution in [0.3, 0.4) is 0 Å². The number of methoxy groups -OCH3 is 1. The van der Waals surface area contributed by atoms with Crippen molar-refractivity contribution >= 4 is 11.5 Å². The molecule has 90 valence electrons. The van der Waals surface area contributed by atoms with Gasteiger partial charge in [-0.25, -0.2) is 9.18 Å². The minimum atomic E-state index is -1.03. The molecule has 0 bridgehead atoms. The lowest BCUT2D eigenvalue weighted by atomic mass is 10.1. The molecule has 0 aliphatic carbocycles. The maximum Gasteiger partial charge on any atom is 0.328 e. The van der Waals surface area contributed by atoms with E-state index in [4.69, 9.17) is 9.84 Å². The van der Waals surface area contributed by atoms with Crippen LogP contribution in [-0.2, 0) is 4.79 Å². The van der Waals surface area contributed by atoms with Gasteiger partial charge in [-0.15, -0.1) is 0 Å². The number of hydrogen-bond donors (Lipinski definition) is 1. The first-order valence-electron chi connectivity index (χ1n) is 4.96. The summed E-state index contributed by atoms with van der Waals surface area (Å²) in [6, 6.07) is 4.19. The Hall–Kier alpha value is -2.10. The highest BCUT2D eigenvalue weighted by atomic mass is 19.1. The van der Waals surface area contributed by atoms with Gasteiger partial charge in [-0.1, -0.05) is 12.2 Å². The number of aliphatic carboxylic acids is 1. The second-order valence-electron chi connectivity index (χ2n) is 3.39. The van der Waals surface area contributed by atoms with Gasteiger partial charge in [-0.3, -0.25) is 0 Å². The van der Waals surface area contributed by atoms with Crippen molar-refractivity contribution in [3.63, 3.8) is 0 Å². The summed E-state index contributed by atoms with van der Waals surface area (Å²) in [6.07, 6.45) is 3.99. The number of hydrogen-bond acceptors (Lipinski definition) is 2. The van der Waals surface area contributed by atoms with Crippen LogP contribution in [0.2, 0.25) is 0 Å². The maximum atomic E-state index is 13.1. The number of ether oxygens (including phenoxy) is 1. The van der Waals surface area contributed by atoms with E-state index in [-0.39, 0.29) is 5.82 Å². The fraction of sp³-hybridized carbons (Fsp3) is 0.154. The zero-order valence-electron chi connectivity index (χ0n) is 9.61. The molecule has 0 aromatic heterocycles. The molecule has 0 saturated carbocycles. The van der Waals surface area contributed by atoms with Crippen LogP contribution >= 0.6 is 0 Å². The quantitative estimate of drug-likeness (QED) is 0.645. The first-order valence-corrected chi connectivity index (χ1v) is 4.96. The molecule has 1 rings (SSSR count). The van der Waals surface area contributed by atoms with Gasteiger partial charge in [0, 0.05) is 11.6 Å². The molecule has 3 nitrogen and oxygen atoms in total. The molecule has 1 aromatic carbocycles. The van der Waals surface area contributed by atoms with Gasteiger partial charge < -0.3 is 9.84 Å². The molecule has 0 radical (unpaired) electrons. The number of benzene rings is 1. The third-order valence-electron chi connectivity index (χ3n) is 2.17. The van der Waals surface area contributed by atoms with Crippen LogP contribution in [0.25, 0.3) is 5.57 Å². The summed E-state index contributed by atoms with van der Waals surface area (Å²) in [5.74, 6) is -0.847. The van der Waals surface area contributed by atoms with Gasteiger partial charge in [0.15, 0.2) is 0 Å². The van der Waals surface area contributed by atoms with Crippen molar-refractivity contribution in [3.05, 3.63) is 47.8 Å². The van der Waals surface area contributed by atoms with Crippen molar-refractivity contribution in [1.82, 2.24) is 0 Å². The number of carboxylic acids is 1. The van der Waals surface area contributed by atoms with E-state index in [1.165, 1.54) is 31.4 Å². The van der Waals surface area contributed by atoms with Crippen molar-refractivity contribution in [1.29, 1.82) is 0 Å². The average Bonchev–Trinajstić information content (AvgIpc) is 2.28. The monoisotopic (exact) mass is 236 g/mol. The zero-order valence-corrected chi connectivity index (χ0v) is 9.61. The molecule has 0 aliphatic rings. The van der Waals surface area contributed by atoms with E-state index in [9.17, 15) is 9.18 Å². The van der Waals surface area contributed by atoms with E-state index < -0.39 is 5.97 Å². The smallest absolute Gasteiger partial charge is 0.328 e. The molecule has 0 saturated heterocycles. The first-order chi connectivity index (χ1) is 8.04.